The van der Waals surface area contributed by atoms with E-state index >= 15 is 0 Å². The van der Waals surface area contributed by atoms with Gasteiger partial charge in [0, 0.05) is 19.6 Å². The van der Waals surface area contributed by atoms with Gasteiger partial charge in [-0.05, 0) is 28.5 Å². The quantitative estimate of drug-likeness (QED) is 0.598. The first-order chi connectivity index (χ1) is 15.1. The van der Waals surface area contributed by atoms with E-state index in [1.54, 1.807) is 24.3 Å². The molecular weight excluding hydrogens is 414 g/mol. The summed E-state index contributed by atoms with van der Waals surface area (Å²) in [6, 6.07) is 21.1. The summed E-state index contributed by atoms with van der Waals surface area (Å²) in [5.74, 6) is -1.44. The molecule has 4 rings (SSSR count). The normalized spacial score (nSPS) is 15.4. The van der Waals surface area contributed by atoms with Gasteiger partial charge < -0.3 is 15.4 Å². The summed E-state index contributed by atoms with van der Waals surface area (Å²) in [5.41, 5.74) is 1.52. The second kappa shape index (κ2) is 9.92. The third-order valence-corrected chi connectivity index (χ3v) is 5.78. The van der Waals surface area contributed by atoms with Crippen molar-refractivity contribution in [2.45, 2.75) is 6.04 Å². The van der Waals surface area contributed by atoms with Crippen molar-refractivity contribution in [2.24, 2.45) is 0 Å². The SMILES string of the molecule is O=C(NC[C@H](c1cccc2ccccc12)N1CCOCC1)C(=O)Nc1ccccc1Cl. The van der Waals surface area contributed by atoms with Crippen LogP contribution in [0.25, 0.3) is 10.8 Å². The van der Waals surface area contributed by atoms with Crippen LogP contribution < -0.4 is 10.6 Å². The zero-order valence-corrected chi connectivity index (χ0v) is 17.8. The molecule has 2 N–H and O–H groups in total. The summed E-state index contributed by atoms with van der Waals surface area (Å²) in [7, 11) is 0. The number of hydrogen-bond acceptors (Lipinski definition) is 4. The first kappa shape index (κ1) is 21.3. The van der Waals surface area contributed by atoms with Crippen LogP contribution in [-0.2, 0) is 14.3 Å². The predicted molar refractivity (Wildman–Crippen MR) is 122 cm³/mol. The minimum Gasteiger partial charge on any atom is -0.379 e. The number of ether oxygens (including phenoxy) is 1. The van der Waals surface area contributed by atoms with E-state index in [4.69, 9.17) is 16.3 Å². The highest BCUT2D eigenvalue weighted by Crippen LogP contribution is 2.28. The van der Waals surface area contributed by atoms with Gasteiger partial charge in [-0.15, -0.1) is 0 Å². The number of rotatable bonds is 5. The van der Waals surface area contributed by atoms with Gasteiger partial charge in [0.2, 0.25) is 0 Å². The van der Waals surface area contributed by atoms with Crippen LogP contribution in [0.5, 0.6) is 0 Å². The number of halogens is 1. The lowest BCUT2D eigenvalue weighted by atomic mass is 9.97. The average molecular weight is 438 g/mol. The number of carbonyl (C=O) groups excluding carboxylic acids is 2. The van der Waals surface area contributed by atoms with E-state index < -0.39 is 11.8 Å². The molecule has 0 bridgehead atoms. The molecule has 160 valence electrons. The highest BCUT2D eigenvalue weighted by Gasteiger charge is 2.26. The summed E-state index contributed by atoms with van der Waals surface area (Å²) in [4.78, 5) is 27.2. The van der Waals surface area contributed by atoms with Gasteiger partial charge in [0.15, 0.2) is 0 Å². The van der Waals surface area contributed by atoms with E-state index in [0.717, 1.165) is 29.4 Å². The third kappa shape index (κ3) is 5.05. The van der Waals surface area contributed by atoms with E-state index in [0.29, 0.717) is 30.5 Å². The van der Waals surface area contributed by atoms with Gasteiger partial charge >= 0.3 is 11.8 Å². The minimum absolute atomic E-state index is 0.0768. The van der Waals surface area contributed by atoms with Crippen LogP contribution in [-0.4, -0.2) is 49.6 Å². The molecular formula is C24H24ClN3O3. The van der Waals surface area contributed by atoms with Crippen molar-refractivity contribution >= 4 is 39.9 Å². The van der Waals surface area contributed by atoms with Crippen molar-refractivity contribution in [3.63, 3.8) is 0 Å². The van der Waals surface area contributed by atoms with Crippen molar-refractivity contribution < 1.29 is 14.3 Å². The number of para-hydroxylation sites is 1. The summed E-state index contributed by atoms with van der Waals surface area (Å²) in [5, 5.41) is 8.03. The smallest absolute Gasteiger partial charge is 0.313 e. The Morgan fingerprint density at radius 1 is 0.935 bits per heavy atom. The molecule has 7 heteroatoms. The third-order valence-electron chi connectivity index (χ3n) is 5.45. The van der Waals surface area contributed by atoms with Crippen LogP contribution in [0.3, 0.4) is 0 Å². The number of carbonyl (C=O) groups is 2. The maximum Gasteiger partial charge on any atom is 0.313 e. The lowest BCUT2D eigenvalue weighted by molar-refractivity contribution is -0.136. The van der Waals surface area contributed by atoms with Gasteiger partial charge in [-0.1, -0.05) is 66.2 Å². The Morgan fingerprint density at radius 3 is 2.45 bits per heavy atom. The van der Waals surface area contributed by atoms with Crippen molar-refractivity contribution in [1.29, 1.82) is 0 Å². The average Bonchev–Trinajstić information content (AvgIpc) is 2.81. The molecule has 6 nitrogen and oxygen atoms in total. The number of nitrogens with one attached hydrogen (secondary N) is 2. The molecule has 31 heavy (non-hydrogen) atoms. The molecule has 0 spiro atoms. The molecule has 3 aromatic rings. The van der Waals surface area contributed by atoms with Gasteiger partial charge in [-0.25, -0.2) is 0 Å². The van der Waals surface area contributed by atoms with Crippen LogP contribution >= 0.6 is 11.6 Å². The molecule has 0 unspecified atom stereocenters. The number of anilines is 1. The fourth-order valence-corrected chi connectivity index (χ4v) is 4.06. The standard InChI is InChI=1S/C24H24ClN3O3/c25-20-10-3-4-11-21(20)27-24(30)23(29)26-16-22(28-12-14-31-15-13-28)19-9-5-7-17-6-1-2-8-18(17)19/h1-11,22H,12-16H2,(H,26,29)(H,27,30)/t22-/m1/s1. The van der Waals surface area contributed by atoms with Crippen molar-refractivity contribution in [2.75, 3.05) is 38.2 Å². The highest BCUT2D eigenvalue weighted by molar-refractivity contribution is 6.41. The second-order valence-corrected chi connectivity index (χ2v) is 7.78. The molecule has 1 saturated heterocycles. The summed E-state index contributed by atoms with van der Waals surface area (Å²) in [6.07, 6.45) is 0. The fourth-order valence-electron chi connectivity index (χ4n) is 3.88. The van der Waals surface area contributed by atoms with Gasteiger partial charge in [0.1, 0.15) is 0 Å². The molecule has 1 atom stereocenters. The van der Waals surface area contributed by atoms with E-state index in [1.807, 2.05) is 18.2 Å². The number of amides is 2. The molecule has 2 amide bonds. The molecule has 3 aromatic carbocycles. The fraction of sp³-hybridized carbons (Fsp3) is 0.250. The number of morpholine rings is 1. The van der Waals surface area contributed by atoms with Crippen LogP contribution in [0.4, 0.5) is 5.69 Å². The molecule has 1 aliphatic heterocycles. The highest BCUT2D eigenvalue weighted by atomic mass is 35.5. The van der Waals surface area contributed by atoms with E-state index in [9.17, 15) is 9.59 Å². The van der Waals surface area contributed by atoms with Gasteiger partial charge in [0.05, 0.1) is 30.0 Å². The Labute approximate surface area is 186 Å². The maximum atomic E-state index is 12.5. The topological polar surface area (TPSA) is 70.7 Å². The molecule has 0 radical (unpaired) electrons. The van der Waals surface area contributed by atoms with Gasteiger partial charge in [-0.3, -0.25) is 14.5 Å². The van der Waals surface area contributed by atoms with Crippen LogP contribution in [0, 0.1) is 0 Å². The molecule has 0 aromatic heterocycles. The molecule has 1 fully saturated rings. The summed E-state index contributed by atoms with van der Waals surface area (Å²) in [6.45, 7) is 3.11. The molecule has 0 aliphatic carbocycles. The number of hydrogen-bond donors (Lipinski definition) is 2. The summed E-state index contributed by atoms with van der Waals surface area (Å²) >= 11 is 6.07. The first-order valence-corrected chi connectivity index (χ1v) is 10.6. The van der Waals surface area contributed by atoms with Gasteiger partial charge in [-0.2, -0.15) is 0 Å². The molecule has 1 heterocycles. The zero-order valence-electron chi connectivity index (χ0n) is 17.0. The maximum absolute atomic E-state index is 12.5. The van der Waals surface area contributed by atoms with Crippen LogP contribution in [0.1, 0.15) is 11.6 Å². The monoisotopic (exact) mass is 437 g/mol. The lowest BCUT2D eigenvalue weighted by Gasteiger charge is -2.35. The van der Waals surface area contributed by atoms with Crippen molar-refractivity contribution in [3.05, 3.63) is 77.3 Å². The molecule has 0 saturated carbocycles. The van der Waals surface area contributed by atoms with E-state index in [-0.39, 0.29) is 6.04 Å². The number of nitrogens with zero attached hydrogens (tertiary/aromatic N) is 1. The van der Waals surface area contributed by atoms with Crippen molar-refractivity contribution in [3.8, 4) is 0 Å². The van der Waals surface area contributed by atoms with Crippen LogP contribution in [0.2, 0.25) is 5.02 Å². The van der Waals surface area contributed by atoms with E-state index in [2.05, 4.69) is 39.8 Å². The Bertz CT molecular complexity index is 1080. The zero-order chi connectivity index (χ0) is 21.6. The Balaban J connectivity index is 1.52. The number of benzene rings is 3. The minimum atomic E-state index is -0.744. The Hall–Kier alpha value is -2.93. The van der Waals surface area contributed by atoms with Gasteiger partial charge in [0.25, 0.3) is 0 Å². The number of fused-ring (bicyclic) bond motifs is 1. The predicted octanol–water partition coefficient (Wildman–Crippen LogP) is 3.62. The summed E-state index contributed by atoms with van der Waals surface area (Å²) < 4.78 is 5.51. The van der Waals surface area contributed by atoms with E-state index in [1.165, 1.54) is 0 Å². The largest absolute Gasteiger partial charge is 0.379 e. The first-order valence-electron chi connectivity index (χ1n) is 10.3. The lowest BCUT2D eigenvalue weighted by Crippen LogP contribution is -2.45. The van der Waals surface area contributed by atoms with Crippen molar-refractivity contribution in [1.82, 2.24) is 10.2 Å². The Kier molecular flexibility index (Phi) is 6.82. The second-order valence-electron chi connectivity index (χ2n) is 7.38. The Morgan fingerprint density at radius 2 is 1.65 bits per heavy atom. The van der Waals surface area contributed by atoms with Crippen LogP contribution in [0.15, 0.2) is 66.7 Å². The molecule has 1 aliphatic rings.